The van der Waals surface area contributed by atoms with E-state index in [1.54, 1.807) is 31.2 Å². The van der Waals surface area contributed by atoms with E-state index in [4.69, 9.17) is 20.9 Å². The third kappa shape index (κ3) is 4.00. The minimum atomic E-state index is -4.07. The van der Waals surface area contributed by atoms with Crippen molar-refractivity contribution in [3.8, 4) is 5.75 Å². The summed E-state index contributed by atoms with van der Waals surface area (Å²) in [6.45, 7) is 1.58. The number of anilines is 1. The van der Waals surface area contributed by atoms with Crippen LogP contribution in [0, 0.1) is 6.92 Å². The summed E-state index contributed by atoms with van der Waals surface area (Å²) >= 11 is 7.01. The second-order valence-corrected chi connectivity index (χ2v) is 8.49. The summed E-state index contributed by atoms with van der Waals surface area (Å²) in [4.78, 5) is 12.7. The largest absolute Gasteiger partial charge is 0.496 e. The zero-order valence-corrected chi connectivity index (χ0v) is 16.7. The molecule has 0 saturated heterocycles. The van der Waals surface area contributed by atoms with Gasteiger partial charge in [-0.1, -0.05) is 35.0 Å². The summed E-state index contributed by atoms with van der Waals surface area (Å²) in [6.07, 6.45) is 0.00915. The number of Topliss-reactive ketones (excluding diaryl/α,β-unsaturated/α-hetero) is 1. The van der Waals surface area contributed by atoms with Gasteiger partial charge in [0.15, 0.2) is 5.78 Å². The number of thiophene rings is 1. The first-order chi connectivity index (χ1) is 12.8. The Morgan fingerprint density at radius 2 is 2.07 bits per heavy atom. The van der Waals surface area contributed by atoms with Crippen LogP contribution in [0.1, 0.15) is 20.9 Å². The lowest BCUT2D eigenvalue weighted by Gasteiger charge is -2.09. The SMILES string of the molecule is COc1ccccc1CC(=O)c1sccc1S(=O)(=O)Nc1onc(C)c1Cl. The van der Waals surface area contributed by atoms with E-state index < -0.39 is 10.0 Å². The van der Waals surface area contributed by atoms with Gasteiger partial charge in [0, 0.05) is 12.0 Å². The van der Waals surface area contributed by atoms with Gasteiger partial charge >= 0.3 is 0 Å². The first kappa shape index (κ1) is 19.4. The molecule has 0 unspecified atom stereocenters. The molecule has 1 N–H and O–H groups in total. The quantitative estimate of drug-likeness (QED) is 0.574. The number of hydrogen-bond donors (Lipinski definition) is 1. The lowest BCUT2D eigenvalue weighted by atomic mass is 10.1. The van der Waals surface area contributed by atoms with Crippen LogP contribution < -0.4 is 9.46 Å². The molecule has 10 heteroatoms. The normalized spacial score (nSPS) is 11.4. The predicted molar refractivity (Wildman–Crippen MR) is 102 cm³/mol. The van der Waals surface area contributed by atoms with Gasteiger partial charge in [0.1, 0.15) is 21.4 Å². The number of halogens is 1. The maximum absolute atomic E-state index is 12.7. The number of rotatable bonds is 7. The van der Waals surface area contributed by atoms with Crippen molar-refractivity contribution in [3.05, 3.63) is 56.9 Å². The minimum absolute atomic E-state index is 0.00915. The van der Waals surface area contributed by atoms with E-state index in [0.29, 0.717) is 17.0 Å². The zero-order chi connectivity index (χ0) is 19.6. The summed E-state index contributed by atoms with van der Waals surface area (Å²) in [5.74, 6) is 0.0343. The van der Waals surface area contributed by atoms with Crippen molar-refractivity contribution in [1.82, 2.24) is 5.16 Å². The first-order valence-electron chi connectivity index (χ1n) is 7.70. The molecular weight excluding hydrogens is 412 g/mol. The predicted octanol–water partition coefficient (Wildman–Crippen LogP) is 3.93. The lowest BCUT2D eigenvalue weighted by molar-refractivity contribution is 0.0993. The van der Waals surface area contributed by atoms with Crippen LogP contribution in [0.3, 0.4) is 0 Å². The Morgan fingerprint density at radius 1 is 1.33 bits per heavy atom. The second-order valence-electron chi connectivity index (χ2n) is 5.54. The molecule has 1 aromatic carbocycles. The molecule has 0 aliphatic heterocycles. The van der Waals surface area contributed by atoms with Crippen LogP contribution in [-0.2, 0) is 16.4 Å². The van der Waals surface area contributed by atoms with Gasteiger partial charge in [-0.05, 0) is 24.4 Å². The van der Waals surface area contributed by atoms with E-state index >= 15 is 0 Å². The summed E-state index contributed by atoms with van der Waals surface area (Å²) in [7, 11) is -2.56. The van der Waals surface area contributed by atoms with Crippen molar-refractivity contribution < 1.29 is 22.5 Å². The highest BCUT2D eigenvalue weighted by Crippen LogP contribution is 2.30. The molecule has 0 saturated carbocycles. The van der Waals surface area contributed by atoms with Crippen molar-refractivity contribution in [3.63, 3.8) is 0 Å². The van der Waals surface area contributed by atoms with Gasteiger partial charge in [0.2, 0.25) is 0 Å². The number of ether oxygens (including phenoxy) is 1. The van der Waals surface area contributed by atoms with Crippen LogP contribution >= 0.6 is 22.9 Å². The third-order valence-electron chi connectivity index (χ3n) is 3.73. The smallest absolute Gasteiger partial charge is 0.265 e. The maximum Gasteiger partial charge on any atom is 0.265 e. The molecule has 142 valence electrons. The standard InChI is InChI=1S/C17H15ClN2O5S2/c1-10-15(18)17(25-19-10)20-27(22,23)14-7-8-26-16(14)12(21)9-11-5-3-4-6-13(11)24-2/h3-8,20H,9H2,1-2H3. The third-order valence-corrected chi connectivity index (χ3v) is 6.64. The van der Waals surface area contributed by atoms with Gasteiger partial charge < -0.3 is 9.26 Å². The monoisotopic (exact) mass is 426 g/mol. The number of nitrogens with zero attached hydrogens (tertiary/aromatic N) is 1. The van der Waals surface area contributed by atoms with E-state index in [2.05, 4.69) is 9.88 Å². The molecule has 0 radical (unpaired) electrons. The fraction of sp³-hybridized carbons (Fsp3) is 0.176. The molecule has 27 heavy (non-hydrogen) atoms. The Hall–Kier alpha value is -2.36. The Balaban J connectivity index is 1.88. The number of carbonyl (C=O) groups is 1. The number of aryl methyl sites for hydroxylation is 1. The highest BCUT2D eigenvalue weighted by atomic mass is 35.5. The highest BCUT2D eigenvalue weighted by Gasteiger charge is 2.27. The minimum Gasteiger partial charge on any atom is -0.496 e. The van der Waals surface area contributed by atoms with Gasteiger partial charge in [-0.15, -0.1) is 11.3 Å². The Bertz CT molecular complexity index is 1090. The van der Waals surface area contributed by atoms with Crippen molar-refractivity contribution in [2.24, 2.45) is 0 Å². The van der Waals surface area contributed by atoms with Crippen LogP contribution in [0.25, 0.3) is 0 Å². The molecule has 2 heterocycles. The maximum atomic E-state index is 12.7. The number of nitrogens with one attached hydrogen (secondary N) is 1. The Morgan fingerprint density at radius 3 is 2.74 bits per heavy atom. The molecule has 0 amide bonds. The van der Waals surface area contributed by atoms with Gasteiger partial charge in [0.05, 0.1) is 12.0 Å². The molecule has 0 aliphatic rings. The zero-order valence-electron chi connectivity index (χ0n) is 14.4. The molecule has 0 fully saturated rings. The molecule has 7 nitrogen and oxygen atoms in total. The summed E-state index contributed by atoms with van der Waals surface area (Å²) in [6, 6.07) is 8.44. The van der Waals surface area contributed by atoms with E-state index in [-0.39, 0.29) is 32.9 Å². The number of ketones is 1. The van der Waals surface area contributed by atoms with Crippen LogP contribution in [0.15, 0.2) is 45.1 Å². The van der Waals surface area contributed by atoms with Crippen molar-refractivity contribution in [1.29, 1.82) is 0 Å². The lowest BCUT2D eigenvalue weighted by Crippen LogP contribution is -2.16. The molecule has 3 rings (SSSR count). The molecule has 3 aromatic rings. The van der Waals surface area contributed by atoms with Crippen LogP contribution in [0.4, 0.5) is 5.88 Å². The van der Waals surface area contributed by atoms with Crippen LogP contribution in [0.5, 0.6) is 5.75 Å². The molecule has 0 aliphatic carbocycles. The van der Waals surface area contributed by atoms with Crippen molar-refractivity contribution >= 4 is 44.6 Å². The van der Waals surface area contributed by atoms with Crippen LogP contribution in [0.2, 0.25) is 5.02 Å². The van der Waals surface area contributed by atoms with Gasteiger partial charge in [0.25, 0.3) is 15.9 Å². The number of methoxy groups -OCH3 is 1. The topological polar surface area (TPSA) is 98.5 Å². The molecule has 2 aromatic heterocycles. The number of benzene rings is 1. The fourth-order valence-corrected chi connectivity index (χ4v) is 4.97. The summed E-state index contributed by atoms with van der Waals surface area (Å²) < 4.78 is 37.8. The van der Waals surface area contributed by atoms with Gasteiger partial charge in [-0.25, -0.2) is 13.1 Å². The number of aromatic nitrogens is 1. The van der Waals surface area contributed by atoms with Gasteiger partial charge in [-0.2, -0.15) is 0 Å². The Kier molecular flexibility index (Phi) is 5.54. The van der Waals surface area contributed by atoms with E-state index in [9.17, 15) is 13.2 Å². The van der Waals surface area contributed by atoms with Crippen LogP contribution in [-0.4, -0.2) is 26.5 Å². The Labute approximate surface area is 165 Å². The second kappa shape index (κ2) is 7.71. The van der Waals surface area contributed by atoms with Crippen molar-refractivity contribution in [2.45, 2.75) is 18.2 Å². The van der Waals surface area contributed by atoms with E-state index in [1.165, 1.54) is 18.6 Å². The first-order valence-corrected chi connectivity index (χ1v) is 10.4. The van der Waals surface area contributed by atoms with Crippen molar-refractivity contribution in [2.75, 3.05) is 11.8 Å². The summed E-state index contributed by atoms with van der Waals surface area (Å²) in [5, 5.41) is 5.21. The average Bonchev–Trinajstić information content (AvgIpc) is 3.25. The van der Waals surface area contributed by atoms with E-state index in [0.717, 1.165) is 11.3 Å². The number of carbonyl (C=O) groups excluding carboxylic acids is 1. The molecule has 0 spiro atoms. The molecule has 0 bridgehead atoms. The average molecular weight is 427 g/mol. The van der Waals surface area contributed by atoms with Gasteiger partial charge in [-0.3, -0.25) is 4.79 Å². The number of hydrogen-bond acceptors (Lipinski definition) is 7. The number of para-hydroxylation sites is 1. The molecule has 0 atom stereocenters. The fourth-order valence-electron chi connectivity index (χ4n) is 2.41. The van der Waals surface area contributed by atoms with E-state index in [1.807, 2.05) is 0 Å². The molecular formula is C17H15ClN2O5S2. The highest BCUT2D eigenvalue weighted by molar-refractivity contribution is 7.93. The summed E-state index contributed by atoms with van der Waals surface area (Å²) in [5.41, 5.74) is 1.02. The number of sulfonamides is 1.